The Morgan fingerprint density at radius 3 is 2.58 bits per heavy atom. The lowest BCUT2D eigenvalue weighted by Gasteiger charge is -2.32. The molecule has 1 aliphatic carbocycles. The van der Waals surface area contributed by atoms with Gasteiger partial charge in [-0.2, -0.15) is 0 Å². The number of hydrogen-bond donors (Lipinski definition) is 1. The van der Waals surface area contributed by atoms with Crippen LogP contribution < -0.4 is 15.0 Å². The molecule has 1 aliphatic rings. The van der Waals surface area contributed by atoms with Gasteiger partial charge in [-0.05, 0) is 55.0 Å². The predicted octanol–water partition coefficient (Wildman–Crippen LogP) is 4.77. The second kappa shape index (κ2) is 11.0. The molecule has 0 saturated heterocycles. The molecule has 172 valence electrons. The molecule has 1 N–H and O–H groups in total. The lowest BCUT2D eigenvalue weighted by atomic mass is 9.94. The standard InChI is InChI=1S/C25H28N4O3S/c1-2-32-20-12-10-18(11-13-20)23(24(30)28-19-7-4-3-5-8-19)29(22-9-6-16-33-22)25(31)21-17-26-14-15-27-21/h6,9-17,19,23H,2-5,7-8H2,1H3,(H,28,30). The van der Waals surface area contributed by atoms with Gasteiger partial charge in [-0.25, -0.2) is 4.98 Å². The number of benzene rings is 1. The molecule has 7 nitrogen and oxygen atoms in total. The number of aromatic nitrogens is 2. The number of thiophene rings is 1. The van der Waals surface area contributed by atoms with Gasteiger partial charge in [0.15, 0.2) is 0 Å². The number of nitrogens with zero attached hydrogens (tertiary/aromatic N) is 3. The minimum atomic E-state index is -0.851. The van der Waals surface area contributed by atoms with Crippen molar-refractivity contribution in [1.82, 2.24) is 15.3 Å². The predicted molar refractivity (Wildman–Crippen MR) is 129 cm³/mol. The van der Waals surface area contributed by atoms with Crippen molar-refractivity contribution in [3.05, 3.63) is 71.6 Å². The molecule has 1 unspecified atom stereocenters. The number of anilines is 1. The third-order valence-electron chi connectivity index (χ3n) is 5.71. The summed E-state index contributed by atoms with van der Waals surface area (Å²) in [6.45, 7) is 2.48. The fourth-order valence-electron chi connectivity index (χ4n) is 4.14. The summed E-state index contributed by atoms with van der Waals surface area (Å²) in [5, 5.41) is 5.77. The van der Waals surface area contributed by atoms with Crippen molar-refractivity contribution >= 4 is 28.2 Å². The molecule has 1 saturated carbocycles. The SMILES string of the molecule is CCOc1ccc(C(C(=O)NC2CCCCC2)N(C(=O)c2cnccn2)c2cccs2)cc1. The fourth-order valence-corrected chi connectivity index (χ4v) is 4.90. The van der Waals surface area contributed by atoms with Crippen LogP contribution in [0.4, 0.5) is 5.00 Å². The van der Waals surface area contributed by atoms with Crippen molar-refractivity contribution in [3.8, 4) is 5.75 Å². The van der Waals surface area contributed by atoms with Gasteiger partial charge in [0.2, 0.25) is 5.91 Å². The largest absolute Gasteiger partial charge is 0.494 e. The van der Waals surface area contributed by atoms with E-state index < -0.39 is 6.04 Å². The number of carbonyl (C=O) groups is 2. The Hall–Kier alpha value is -3.26. The molecule has 0 spiro atoms. The van der Waals surface area contributed by atoms with E-state index in [1.165, 1.54) is 41.2 Å². The molecular weight excluding hydrogens is 436 g/mol. The smallest absolute Gasteiger partial charge is 0.280 e. The van der Waals surface area contributed by atoms with Crippen molar-refractivity contribution in [2.45, 2.75) is 51.1 Å². The minimum Gasteiger partial charge on any atom is -0.494 e. The van der Waals surface area contributed by atoms with Crippen LogP contribution in [0.5, 0.6) is 5.75 Å². The fraction of sp³-hybridized carbons (Fsp3) is 0.360. The summed E-state index contributed by atoms with van der Waals surface area (Å²) >= 11 is 1.40. The second-order valence-electron chi connectivity index (χ2n) is 7.97. The molecule has 1 atom stereocenters. The van der Waals surface area contributed by atoms with Gasteiger partial charge in [0.1, 0.15) is 17.5 Å². The van der Waals surface area contributed by atoms with Gasteiger partial charge in [-0.3, -0.25) is 19.5 Å². The van der Waals surface area contributed by atoms with E-state index in [-0.39, 0.29) is 23.6 Å². The van der Waals surface area contributed by atoms with Crippen LogP contribution in [0.3, 0.4) is 0 Å². The first-order valence-corrected chi connectivity index (χ1v) is 12.2. The summed E-state index contributed by atoms with van der Waals surface area (Å²) in [6.07, 6.45) is 9.74. The molecule has 1 aromatic carbocycles. The Morgan fingerprint density at radius 1 is 1.15 bits per heavy atom. The summed E-state index contributed by atoms with van der Waals surface area (Å²) in [7, 11) is 0. The van der Waals surface area contributed by atoms with Crippen LogP contribution >= 0.6 is 11.3 Å². The highest BCUT2D eigenvalue weighted by molar-refractivity contribution is 7.14. The van der Waals surface area contributed by atoms with E-state index in [1.54, 1.807) is 0 Å². The lowest BCUT2D eigenvalue weighted by molar-refractivity contribution is -0.123. The summed E-state index contributed by atoms with van der Waals surface area (Å²) in [6, 6.07) is 10.3. The number of ether oxygens (including phenoxy) is 1. The molecule has 0 radical (unpaired) electrons. The van der Waals surface area contributed by atoms with E-state index >= 15 is 0 Å². The van der Waals surface area contributed by atoms with Gasteiger partial charge in [-0.1, -0.05) is 31.4 Å². The maximum Gasteiger partial charge on any atom is 0.280 e. The average molecular weight is 465 g/mol. The molecule has 3 aromatic rings. The topological polar surface area (TPSA) is 84.4 Å². The second-order valence-corrected chi connectivity index (χ2v) is 8.89. The first kappa shape index (κ1) is 22.9. The summed E-state index contributed by atoms with van der Waals surface area (Å²) < 4.78 is 5.57. The zero-order valence-electron chi connectivity index (χ0n) is 18.6. The monoisotopic (exact) mass is 464 g/mol. The molecule has 0 aliphatic heterocycles. The number of carbonyl (C=O) groups excluding carboxylic acids is 2. The molecule has 8 heteroatoms. The third-order valence-corrected chi connectivity index (χ3v) is 6.58. The van der Waals surface area contributed by atoms with Crippen LogP contribution in [0.1, 0.15) is 61.1 Å². The first-order chi connectivity index (χ1) is 16.2. The highest BCUT2D eigenvalue weighted by Gasteiger charge is 2.35. The number of amides is 2. The Kier molecular flexibility index (Phi) is 7.67. The van der Waals surface area contributed by atoms with Crippen LogP contribution in [-0.2, 0) is 4.79 Å². The van der Waals surface area contributed by atoms with Crippen molar-refractivity contribution < 1.29 is 14.3 Å². The van der Waals surface area contributed by atoms with Crippen molar-refractivity contribution in [3.63, 3.8) is 0 Å². The maximum absolute atomic E-state index is 13.7. The van der Waals surface area contributed by atoms with Crippen LogP contribution in [0.25, 0.3) is 0 Å². The Morgan fingerprint density at radius 2 is 1.94 bits per heavy atom. The summed E-state index contributed by atoms with van der Waals surface area (Å²) in [4.78, 5) is 37.2. The molecular formula is C25H28N4O3S. The maximum atomic E-state index is 13.7. The van der Waals surface area contributed by atoms with Gasteiger partial charge >= 0.3 is 0 Å². The highest BCUT2D eigenvalue weighted by atomic mass is 32.1. The van der Waals surface area contributed by atoms with Gasteiger partial charge in [0.05, 0.1) is 17.8 Å². The molecule has 2 aromatic heterocycles. The van der Waals surface area contributed by atoms with E-state index in [0.717, 1.165) is 31.4 Å². The van der Waals surface area contributed by atoms with E-state index in [9.17, 15) is 9.59 Å². The zero-order chi connectivity index (χ0) is 23.0. The number of rotatable bonds is 8. The van der Waals surface area contributed by atoms with Gasteiger partial charge in [-0.15, -0.1) is 11.3 Å². The summed E-state index contributed by atoms with van der Waals surface area (Å²) in [5.74, 6) is 0.149. The van der Waals surface area contributed by atoms with Crippen LogP contribution in [-0.4, -0.2) is 34.4 Å². The zero-order valence-corrected chi connectivity index (χ0v) is 19.5. The van der Waals surface area contributed by atoms with Crippen LogP contribution in [0.15, 0.2) is 60.4 Å². The Bertz CT molecular complexity index is 1040. The van der Waals surface area contributed by atoms with Crippen LogP contribution in [0.2, 0.25) is 0 Å². The van der Waals surface area contributed by atoms with Gasteiger partial charge in [0.25, 0.3) is 5.91 Å². The third kappa shape index (κ3) is 5.57. The van der Waals surface area contributed by atoms with E-state index in [0.29, 0.717) is 17.2 Å². The normalized spacial score (nSPS) is 14.9. The van der Waals surface area contributed by atoms with E-state index in [4.69, 9.17) is 4.74 Å². The molecule has 2 heterocycles. The van der Waals surface area contributed by atoms with E-state index in [2.05, 4.69) is 15.3 Å². The van der Waals surface area contributed by atoms with Crippen LogP contribution in [0, 0.1) is 0 Å². The Labute approximate surface area is 197 Å². The summed E-state index contributed by atoms with van der Waals surface area (Å²) in [5.41, 5.74) is 0.893. The average Bonchev–Trinajstić information content (AvgIpc) is 3.38. The molecule has 4 rings (SSSR count). The van der Waals surface area contributed by atoms with Crippen molar-refractivity contribution in [2.75, 3.05) is 11.5 Å². The molecule has 33 heavy (non-hydrogen) atoms. The Balaban J connectivity index is 1.74. The molecule has 1 fully saturated rings. The van der Waals surface area contributed by atoms with E-state index in [1.807, 2.05) is 48.7 Å². The van der Waals surface area contributed by atoms with Crippen molar-refractivity contribution in [1.29, 1.82) is 0 Å². The van der Waals surface area contributed by atoms with Crippen molar-refractivity contribution in [2.24, 2.45) is 0 Å². The first-order valence-electron chi connectivity index (χ1n) is 11.3. The quantitative estimate of drug-likeness (QED) is 0.519. The lowest BCUT2D eigenvalue weighted by Crippen LogP contribution is -2.47. The molecule has 2 amide bonds. The minimum absolute atomic E-state index is 0.119. The highest BCUT2D eigenvalue weighted by Crippen LogP contribution is 2.34. The van der Waals surface area contributed by atoms with Gasteiger partial charge in [0, 0.05) is 18.4 Å². The number of nitrogens with one attached hydrogen (secondary N) is 1. The number of hydrogen-bond acceptors (Lipinski definition) is 6. The molecule has 0 bridgehead atoms. The van der Waals surface area contributed by atoms with Gasteiger partial charge < -0.3 is 10.1 Å².